The van der Waals surface area contributed by atoms with Crippen molar-refractivity contribution in [2.45, 2.75) is 15.0 Å². The molecule has 0 atom stereocenters. The lowest BCUT2D eigenvalue weighted by Gasteiger charge is -2.26. The number of morpholine rings is 1. The maximum Gasteiger partial charge on any atom is 0.260 e. The van der Waals surface area contributed by atoms with Crippen LogP contribution in [-0.2, 0) is 20.5 Å². The van der Waals surface area contributed by atoms with Gasteiger partial charge in [0.25, 0.3) is 5.91 Å². The van der Waals surface area contributed by atoms with Gasteiger partial charge in [-0.15, -0.1) is 10.2 Å². The topological polar surface area (TPSA) is 101 Å². The average Bonchev–Trinajstić information content (AvgIpc) is 3.26. The van der Waals surface area contributed by atoms with Crippen LogP contribution in [0.4, 0.5) is 13.9 Å². The summed E-state index contributed by atoms with van der Waals surface area (Å²) in [7, 11) is -3.89. The van der Waals surface area contributed by atoms with Crippen molar-refractivity contribution in [2.75, 3.05) is 31.6 Å². The summed E-state index contributed by atoms with van der Waals surface area (Å²) in [5.74, 6) is -1.73. The normalized spacial score (nSPS) is 14.8. The van der Waals surface area contributed by atoms with Crippen molar-refractivity contribution in [1.29, 1.82) is 0 Å². The Morgan fingerprint density at radius 1 is 1.12 bits per heavy atom. The number of halogens is 2. The highest BCUT2D eigenvalue weighted by Crippen LogP contribution is 2.29. The van der Waals surface area contributed by atoms with Crippen LogP contribution in [0.5, 0.6) is 0 Å². The van der Waals surface area contributed by atoms with Crippen molar-refractivity contribution in [1.82, 2.24) is 14.5 Å². The first-order chi connectivity index (χ1) is 15.8. The summed E-state index contributed by atoms with van der Waals surface area (Å²) in [6.07, 6.45) is 0. The first-order valence-corrected chi connectivity index (χ1v) is 13.0. The lowest BCUT2D eigenvalue weighted by molar-refractivity contribution is 0.0730. The van der Waals surface area contributed by atoms with Crippen LogP contribution in [0, 0.1) is 11.6 Å². The van der Waals surface area contributed by atoms with Crippen molar-refractivity contribution in [3.8, 4) is 0 Å². The van der Waals surface area contributed by atoms with Gasteiger partial charge in [-0.05, 0) is 29.8 Å². The molecule has 4 rings (SSSR count). The van der Waals surface area contributed by atoms with Crippen LogP contribution in [0.15, 0.2) is 51.7 Å². The van der Waals surface area contributed by atoms with E-state index < -0.39 is 27.3 Å². The second-order valence-electron chi connectivity index (χ2n) is 6.87. The Morgan fingerprint density at radius 3 is 2.64 bits per heavy atom. The smallest absolute Gasteiger partial charge is 0.260 e. The van der Waals surface area contributed by atoms with Crippen molar-refractivity contribution < 1.29 is 26.7 Å². The van der Waals surface area contributed by atoms with Crippen LogP contribution in [0.3, 0.4) is 0 Å². The van der Waals surface area contributed by atoms with Crippen LogP contribution in [0.1, 0.15) is 15.9 Å². The molecule has 1 amide bonds. The minimum Gasteiger partial charge on any atom is -0.379 e. The van der Waals surface area contributed by atoms with Crippen molar-refractivity contribution in [2.24, 2.45) is 0 Å². The molecule has 174 valence electrons. The molecule has 0 spiro atoms. The van der Waals surface area contributed by atoms with Crippen LogP contribution in [0.25, 0.3) is 0 Å². The fourth-order valence-electron chi connectivity index (χ4n) is 3.01. The van der Waals surface area contributed by atoms with E-state index in [9.17, 15) is 22.0 Å². The summed E-state index contributed by atoms with van der Waals surface area (Å²) in [6, 6.07) is 9.42. The van der Waals surface area contributed by atoms with E-state index in [1.165, 1.54) is 22.1 Å². The van der Waals surface area contributed by atoms with Gasteiger partial charge >= 0.3 is 0 Å². The molecule has 0 unspecified atom stereocenters. The fraction of sp³-hybridized carbons (Fsp3) is 0.250. The van der Waals surface area contributed by atoms with Gasteiger partial charge in [0.05, 0.1) is 23.7 Å². The van der Waals surface area contributed by atoms with Crippen LogP contribution in [0.2, 0.25) is 0 Å². The Morgan fingerprint density at radius 2 is 1.88 bits per heavy atom. The van der Waals surface area contributed by atoms with Gasteiger partial charge in [0, 0.05) is 18.8 Å². The summed E-state index contributed by atoms with van der Waals surface area (Å²) in [6.45, 7) is 0.892. The fourth-order valence-corrected chi connectivity index (χ4v) is 6.18. The molecule has 13 heteroatoms. The zero-order chi connectivity index (χ0) is 23.4. The SMILES string of the molecule is O=C(Nc1nnc(SCc2ccccc2F)s1)c1cc(S(=O)(=O)N2CCOCC2)ccc1F. The first-order valence-electron chi connectivity index (χ1n) is 9.73. The Hall–Kier alpha value is -2.45. The number of thioether (sulfide) groups is 1. The number of carbonyl (C=O) groups is 1. The van der Waals surface area contributed by atoms with Gasteiger partial charge in [0.1, 0.15) is 11.6 Å². The summed E-state index contributed by atoms with van der Waals surface area (Å²) in [5.41, 5.74) is 0.0729. The number of sulfonamides is 1. The van der Waals surface area contributed by atoms with E-state index in [2.05, 4.69) is 15.5 Å². The minimum absolute atomic E-state index is 0.108. The molecule has 0 radical (unpaired) electrons. The number of nitrogens with zero attached hydrogens (tertiary/aromatic N) is 3. The molecule has 0 aliphatic carbocycles. The van der Waals surface area contributed by atoms with E-state index >= 15 is 0 Å². The number of rotatable bonds is 7. The van der Waals surface area contributed by atoms with Gasteiger partial charge in [-0.3, -0.25) is 10.1 Å². The quantitative estimate of drug-likeness (QED) is 0.383. The van der Waals surface area contributed by atoms with Gasteiger partial charge < -0.3 is 4.74 Å². The van der Waals surface area contributed by atoms with Crippen molar-refractivity contribution in [3.63, 3.8) is 0 Å². The van der Waals surface area contributed by atoms with Gasteiger partial charge in [-0.1, -0.05) is 41.3 Å². The molecule has 0 saturated carbocycles. The third kappa shape index (κ3) is 5.55. The maximum atomic E-state index is 14.3. The number of amides is 1. The van der Waals surface area contributed by atoms with Gasteiger partial charge in [0.2, 0.25) is 15.2 Å². The third-order valence-electron chi connectivity index (χ3n) is 4.73. The average molecular weight is 513 g/mol. The predicted molar refractivity (Wildman–Crippen MR) is 120 cm³/mol. The number of hydrogen-bond acceptors (Lipinski definition) is 8. The Labute approximate surface area is 197 Å². The number of nitrogens with one attached hydrogen (secondary N) is 1. The van der Waals surface area contributed by atoms with Gasteiger partial charge in [-0.2, -0.15) is 4.31 Å². The van der Waals surface area contributed by atoms with Crippen molar-refractivity contribution in [3.05, 3.63) is 65.2 Å². The first kappa shape index (κ1) is 23.7. The minimum atomic E-state index is -3.89. The summed E-state index contributed by atoms with van der Waals surface area (Å²) < 4.78 is 60.6. The highest BCUT2D eigenvalue weighted by molar-refractivity contribution is 8.00. The molecule has 1 aromatic heterocycles. The monoisotopic (exact) mass is 512 g/mol. The molecule has 2 aromatic carbocycles. The molecular weight excluding hydrogens is 494 g/mol. The number of ether oxygens (including phenoxy) is 1. The molecule has 1 saturated heterocycles. The molecule has 1 N–H and O–H groups in total. The van der Waals surface area contributed by atoms with Gasteiger partial charge in [0.15, 0.2) is 4.34 Å². The molecule has 3 aromatic rings. The predicted octanol–water partition coefficient (Wildman–Crippen LogP) is 3.38. The second kappa shape index (κ2) is 10.2. The van der Waals surface area contributed by atoms with E-state index in [4.69, 9.17) is 4.74 Å². The molecule has 33 heavy (non-hydrogen) atoms. The molecule has 8 nitrogen and oxygen atoms in total. The van der Waals surface area contributed by atoms with Gasteiger partial charge in [-0.25, -0.2) is 17.2 Å². The maximum absolute atomic E-state index is 14.3. The number of anilines is 1. The summed E-state index contributed by atoms with van der Waals surface area (Å²) in [4.78, 5) is 12.4. The number of carbonyl (C=O) groups excluding carboxylic acids is 1. The zero-order valence-electron chi connectivity index (χ0n) is 17.0. The molecule has 0 bridgehead atoms. The third-order valence-corrected chi connectivity index (χ3v) is 8.64. The van der Waals surface area contributed by atoms with E-state index in [1.807, 2.05) is 0 Å². The zero-order valence-corrected chi connectivity index (χ0v) is 19.5. The standard InChI is InChI=1S/C20H18F2N4O4S3/c21-16-4-2-1-3-13(16)12-31-20-25-24-19(32-20)23-18(27)15-11-14(5-6-17(15)22)33(28,29)26-7-9-30-10-8-26/h1-6,11H,7-10,12H2,(H,23,24,27). The molecular formula is C20H18F2N4O4S3. The van der Waals surface area contributed by atoms with E-state index in [1.54, 1.807) is 18.2 Å². The van der Waals surface area contributed by atoms with Crippen molar-refractivity contribution >= 4 is 44.2 Å². The van der Waals surface area contributed by atoms with E-state index in [0.29, 0.717) is 15.7 Å². The second-order valence-corrected chi connectivity index (χ2v) is 11.0. The summed E-state index contributed by atoms with van der Waals surface area (Å²) >= 11 is 2.28. The number of benzene rings is 2. The van der Waals surface area contributed by atoms with Crippen LogP contribution >= 0.6 is 23.1 Å². The highest BCUT2D eigenvalue weighted by atomic mass is 32.2. The Bertz CT molecular complexity index is 1260. The van der Waals surface area contributed by atoms with Crippen LogP contribution < -0.4 is 5.32 Å². The lowest BCUT2D eigenvalue weighted by Crippen LogP contribution is -2.40. The van der Waals surface area contributed by atoms with E-state index in [0.717, 1.165) is 29.5 Å². The number of hydrogen-bond donors (Lipinski definition) is 1. The van der Waals surface area contributed by atoms with E-state index in [-0.39, 0.29) is 42.1 Å². The van der Waals surface area contributed by atoms with Crippen LogP contribution in [-0.4, -0.2) is 55.1 Å². The molecule has 1 aliphatic rings. The highest BCUT2D eigenvalue weighted by Gasteiger charge is 2.28. The summed E-state index contributed by atoms with van der Waals surface area (Å²) in [5, 5.41) is 10.3. The largest absolute Gasteiger partial charge is 0.379 e. The number of aromatic nitrogens is 2. The lowest BCUT2D eigenvalue weighted by atomic mass is 10.2. The Balaban J connectivity index is 1.45. The Kier molecular flexibility index (Phi) is 7.34. The molecule has 2 heterocycles. The molecule has 1 fully saturated rings. The molecule has 1 aliphatic heterocycles.